The van der Waals surface area contributed by atoms with Crippen LogP contribution >= 0.6 is 0 Å². The molecule has 2 aliphatic rings. The number of piperidine rings is 1. The van der Waals surface area contributed by atoms with Crippen molar-refractivity contribution in [1.29, 1.82) is 0 Å². The van der Waals surface area contributed by atoms with Gasteiger partial charge in [0, 0.05) is 18.5 Å². The van der Waals surface area contributed by atoms with Gasteiger partial charge in [0.05, 0.1) is 6.04 Å². The molecule has 1 N–H and O–H groups in total. The van der Waals surface area contributed by atoms with Crippen molar-refractivity contribution in [2.75, 3.05) is 13.1 Å². The summed E-state index contributed by atoms with van der Waals surface area (Å²) < 4.78 is 2.04. The Labute approximate surface area is 151 Å². The highest BCUT2D eigenvalue weighted by Gasteiger charge is 2.30. The normalized spacial score (nSPS) is 22.0. The molecule has 0 radical (unpaired) electrons. The van der Waals surface area contributed by atoms with E-state index in [2.05, 4.69) is 27.3 Å². The Morgan fingerprint density at radius 1 is 1.24 bits per heavy atom. The predicted octanol–water partition coefficient (Wildman–Crippen LogP) is 2.91. The van der Waals surface area contributed by atoms with Crippen LogP contribution in [0.25, 0.3) is 0 Å². The van der Waals surface area contributed by atoms with E-state index in [1.54, 1.807) is 6.33 Å². The summed E-state index contributed by atoms with van der Waals surface area (Å²) >= 11 is 0. The van der Waals surface area contributed by atoms with Crippen molar-refractivity contribution in [2.24, 2.45) is 5.92 Å². The third-order valence-electron chi connectivity index (χ3n) is 5.85. The van der Waals surface area contributed by atoms with Crippen LogP contribution in [0.5, 0.6) is 0 Å². The highest BCUT2D eigenvalue weighted by atomic mass is 16.2. The summed E-state index contributed by atoms with van der Waals surface area (Å²) in [5.41, 5.74) is 0. The summed E-state index contributed by atoms with van der Waals surface area (Å²) in [6, 6.07) is 0.683. The van der Waals surface area contributed by atoms with Crippen LogP contribution in [0.4, 0.5) is 0 Å². The van der Waals surface area contributed by atoms with Gasteiger partial charge in [0.2, 0.25) is 5.91 Å². The minimum atomic E-state index is -0.0853. The average molecular weight is 348 g/mol. The summed E-state index contributed by atoms with van der Waals surface area (Å²) in [4.78, 5) is 15.3. The molecular weight excluding hydrogens is 314 g/mol. The fourth-order valence-corrected chi connectivity index (χ4v) is 4.38. The first-order valence-corrected chi connectivity index (χ1v) is 10.1. The lowest BCUT2D eigenvalue weighted by Gasteiger charge is -2.39. The van der Waals surface area contributed by atoms with Gasteiger partial charge in [-0.1, -0.05) is 26.2 Å². The number of rotatable bonds is 6. The smallest absolute Gasteiger partial charge is 0.223 e. The minimum absolute atomic E-state index is 0.0853. The summed E-state index contributed by atoms with van der Waals surface area (Å²) in [7, 11) is 0. The molecule has 0 unspecified atom stereocenters. The van der Waals surface area contributed by atoms with Gasteiger partial charge in [-0.3, -0.25) is 4.79 Å². The molecular formula is C19H33N5O. The molecule has 3 rings (SSSR count). The number of aryl methyl sites for hydroxylation is 1. The van der Waals surface area contributed by atoms with E-state index in [1.807, 2.05) is 11.5 Å². The van der Waals surface area contributed by atoms with Gasteiger partial charge >= 0.3 is 0 Å². The zero-order valence-corrected chi connectivity index (χ0v) is 15.8. The number of carbonyl (C=O) groups is 1. The number of hydrogen-bond acceptors (Lipinski definition) is 4. The number of hydrogen-bond donors (Lipinski definition) is 1. The fraction of sp³-hybridized carbons (Fsp3) is 0.842. The molecule has 1 aromatic rings. The van der Waals surface area contributed by atoms with Crippen LogP contribution in [-0.4, -0.2) is 44.7 Å². The van der Waals surface area contributed by atoms with Crippen LogP contribution in [0.3, 0.4) is 0 Å². The van der Waals surface area contributed by atoms with Crippen molar-refractivity contribution < 1.29 is 4.79 Å². The molecule has 1 saturated carbocycles. The Balaban J connectivity index is 1.48. The van der Waals surface area contributed by atoms with E-state index >= 15 is 0 Å². The van der Waals surface area contributed by atoms with Crippen molar-refractivity contribution in [2.45, 2.75) is 83.8 Å². The van der Waals surface area contributed by atoms with Gasteiger partial charge in [-0.2, -0.15) is 0 Å². The second-order valence-corrected chi connectivity index (χ2v) is 7.71. The van der Waals surface area contributed by atoms with E-state index < -0.39 is 0 Å². The quantitative estimate of drug-likeness (QED) is 0.859. The van der Waals surface area contributed by atoms with Gasteiger partial charge in [-0.05, 0) is 52.1 Å². The van der Waals surface area contributed by atoms with Gasteiger partial charge in [0.25, 0.3) is 0 Å². The van der Waals surface area contributed by atoms with E-state index in [9.17, 15) is 4.79 Å². The largest absolute Gasteiger partial charge is 0.346 e. The zero-order chi connectivity index (χ0) is 17.6. The maximum atomic E-state index is 12.7. The van der Waals surface area contributed by atoms with Crippen LogP contribution < -0.4 is 5.32 Å². The molecule has 25 heavy (non-hydrogen) atoms. The number of carbonyl (C=O) groups excluding carboxylic acids is 1. The first kappa shape index (κ1) is 18.4. The number of likely N-dealkylation sites (tertiary alicyclic amines) is 1. The molecule has 6 heteroatoms. The molecule has 1 aliphatic carbocycles. The second-order valence-electron chi connectivity index (χ2n) is 7.71. The molecule has 0 spiro atoms. The standard InChI is InChI=1S/C19H33N5O/c1-3-11-24-14-20-22-18(24)15(2)21-19(25)16-9-12-23(13-10-16)17-7-5-4-6-8-17/h14-17H,3-13H2,1-2H3,(H,21,25)/t15-/m0/s1. The van der Waals surface area contributed by atoms with Gasteiger partial charge < -0.3 is 14.8 Å². The van der Waals surface area contributed by atoms with E-state index in [4.69, 9.17) is 0 Å². The minimum Gasteiger partial charge on any atom is -0.346 e. The van der Waals surface area contributed by atoms with Crippen molar-refractivity contribution >= 4 is 5.91 Å². The fourth-order valence-electron chi connectivity index (χ4n) is 4.38. The van der Waals surface area contributed by atoms with E-state index in [0.29, 0.717) is 0 Å². The maximum absolute atomic E-state index is 12.7. The Bertz CT molecular complexity index is 544. The number of nitrogens with one attached hydrogen (secondary N) is 1. The van der Waals surface area contributed by atoms with Gasteiger partial charge in [0.1, 0.15) is 6.33 Å². The molecule has 1 aromatic heterocycles. The van der Waals surface area contributed by atoms with Crippen LogP contribution in [0, 0.1) is 5.92 Å². The number of aromatic nitrogens is 3. The van der Waals surface area contributed by atoms with E-state index in [-0.39, 0.29) is 17.9 Å². The summed E-state index contributed by atoms with van der Waals surface area (Å²) in [6.45, 7) is 7.17. The van der Waals surface area contributed by atoms with Gasteiger partial charge in [0.15, 0.2) is 5.82 Å². The van der Waals surface area contributed by atoms with Crippen molar-refractivity contribution in [3.05, 3.63) is 12.2 Å². The molecule has 140 valence electrons. The Morgan fingerprint density at radius 2 is 1.96 bits per heavy atom. The predicted molar refractivity (Wildman–Crippen MR) is 98.0 cm³/mol. The lowest BCUT2D eigenvalue weighted by atomic mass is 9.89. The van der Waals surface area contributed by atoms with Crippen molar-refractivity contribution in [3.8, 4) is 0 Å². The lowest BCUT2D eigenvalue weighted by molar-refractivity contribution is -0.127. The molecule has 0 aromatic carbocycles. The monoisotopic (exact) mass is 347 g/mol. The average Bonchev–Trinajstić information content (AvgIpc) is 3.11. The Morgan fingerprint density at radius 3 is 2.64 bits per heavy atom. The Hall–Kier alpha value is -1.43. The molecule has 2 fully saturated rings. The summed E-state index contributed by atoms with van der Waals surface area (Å²) in [5.74, 6) is 1.18. The van der Waals surface area contributed by atoms with Crippen molar-refractivity contribution in [3.63, 3.8) is 0 Å². The lowest BCUT2D eigenvalue weighted by Crippen LogP contribution is -2.45. The maximum Gasteiger partial charge on any atom is 0.223 e. The molecule has 2 heterocycles. The van der Waals surface area contributed by atoms with Gasteiger partial charge in [-0.15, -0.1) is 10.2 Å². The van der Waals surface area contributed by atoms with Crippen LogP contribution in [0.1, 0.15) is 77.1 Å². The van der Waals surface area contributed by atoms with Crippen LogP contribution in [0.15, 0.2) is 6.33 Å². The van der Waals surface area contributed by atoms with Crippen molar-refractivity contribution in [1.82, 2.24) is 25.0 Å². The van der Waals surface area contributed by atoms with Crippen LogP contribution in [-0.2, 0) is 11.3 Å². The third-order valence-corrected chi connectivity index (χ3v) is 5.85. The summed E-state index contributed by atoms with van der Waals surface area (Å²) in [6.07, 6.45) is 11.6. The molecule has 1 aliphatic heterocycles. The van der Waals surface area contributed by atoms with E-state index in [1.165, 1.54) is 32.1 Å². The molecule has 1 amide bonds. The second kappa shape index (κ2) is 8.79. The third kappa shape index (κ3) is 4.60. The molecule has 0 bridgehead atoms. The van der Waals surface area contributed by atoms with Crippen LogP contribution in [0.2, 0.25) is 0 Å². The zero-order valence-electron chi connectivity index (χ0n) is 15.8. The first-order valence-electron chi connectivity index (χ1n) is 10.1. The molecule has 1 saturated heterocycles. The van der Waals surface area contributed by atoms with E-state index in [0.717, 1.165) is 50.8 Å². The number of amides is 1. The number of nitrogens with zero attached hydrogens (tertiary/aromatic N) is 4. The highest BCUT2D eigenvalue weighted by molar-refractivity contribution is 5.79. The summed E-state index contributed by atoms with van der Waals surface area (Å²) in [5, 5.41) is 11.4. The molecule has 6 nitrogen and oxygen atoms in total. The first-order chi connectivity index (χ1) is 12.2. The SMILES string of the molecule is CCCn1cnnc1[C@H](C)NC(=O)C1CCN(C2CCCCC2)CC1. The Kier molecular flexibility index (Phi) is 6.45. The van der Waals surface area contributed by atoms with Gasteiger partial charge in [-0.25, -0.2) is 0 Å². The topological polar surface area (TPSA) is 63.1 Å². The highest BCUT2D eigenvalue weighted by Crippen LogP contribution is 2.27. The molecule has 1 atom stereocenters.